The number of methoxy groups -OCH3 is 1. The number of hydrogen-bond donors (Lipinski definition) is 3. The zero-order valence-electron chi connectivity index (χ0n) is 15.2. The van der Waals surface area contributed by atoms with E-state index in [0.29, 0.717) is 23.4 Å². The highest BCUT2D eigenvalue weighted by Crippen LogP contribution is 2.19. The predicted octanol–water partition coefficient (Wildman–Crippen LogP) is 3.19. The van der Waals surface area contributed by atoms with Crippen LogP contribution in [0.15, 0.2) is 42.5 Å². The van der Waals surface area contributed by atoms with E-state index in [1.165, 1.54) is 30.5 Å². The second-order valence-corrected chi connectivity index (χ2v) is 7.47. The Morgan fingerprint density at radius 2 is 1.93 bits per heavy atom. The first-order valence-corrected chi connectivity index (χ1v) is 9.84. The summed E-state index contributed by atoms with van der Waals surface area (Å²) in [5.41, 5.74) is 1.92. The summed E-state index contributed by atoms with van der Waals surface area (Å²) < 4.78 is 18.6. The van der Waals surface area contributed by atoms with Gasteiger partial charge in [-0.1, -0.05) is 11.6 Å². The fourth-order valence-electron chi connectivity index (χ4n) is 3.46. The van der Waals surface area contributed by atoms with E-state index in [4.69, 9.17) is 28.6 Å². The average Bonchev–Trinajstić information content (AvgIpc) is 3.20. The third kappa shape index (κ3) is 5.31. The van der Waals surface area contributed by atoms with Crippen LogP contribution >= 0.6 is 23.8 Å². The van der Waals surface area contributed by atoms with Gasteiger partial charge in [0.15, 0.2) is 5.11 Å². The minimum atomic E-state index is -0.446. The number of rotatable bonds is 6. The normalized spacial score (nSPS) is 15.4. The Kier molecular flexibility index (Phi) is 6.88. The molecular formula is C20H24ClFN3OS+. The summed E-state index contributed by atoms with van der Waals surface area (Å²) in [6, 6.07) is 13.0. The van der Waals surface area contributed by atoms with Crippen LogP contribution in [0.1, 0.15) is 24.4 Å². The second-order valence-electron chi connectivity index (χ2n) is 6.66. The van der Waals surface area contributed by atoms with Crippen molar-refractivity contribution in [3.05, 3.63) is 58.9 Å². The number of hydrogen-bond acceptors (Lipinski definition) is 2. The fourth-order valence-corrected chi connectivity index (χ4v) is 3.84. The Morgan fingerprint density at radius 1 is 1.22 bits per heavy atom. The summed E-state index contributed by atoms with van der Waals surface area (Å²) in [5, 5.41) is 6.93. The van der Waals surface area contributed by atoms with Crippen molar-refractivity contribution in [1.29, 1.82) is 0 Å². The first-order valence-electron chi connectivity index (χ1n) is 9.05. The molecule has 0 radical (unpaired) electrons. The molecule has 1 aliphatic heterocycles. The van der Waals surface area contributed by atoms with Crippen LogP contribution in [0.2, 0.25) is 5.02 Å². The van der Waals surface area contributed by atoms with Gasteiger partial charge < -0.3 is 20.3 Å². The van der Waals surface area contributed by atoms with E-state index in [2.05, 4.69) is 22.8 Å². The van der Waals surface area contributed by atoms with Crippen molar-refractivity contribution >= 4 is 34.6 Å². The average molecular weight is 409 g/mol. The van der Waals surface area contributed by atoms with Crippen LogP contribution in [0.25, 0.3) is 0 Å². The van der Waals surface area contributed by atoms with Crippen molar-refractivity contribution in [1.82, 2.24) is 5.32 Å². The van der Waals surface area contributed by atoms with Gasteiger partial charge in [-0.25, -0.2) is 4.39 Å². The molecule has 27 heavy (non-hydrogen) atoms. The van der Waals surface area contributed by atoms with E-state index in [-0.39, 0.29) is 5.02 Å². The molecule has 0 spiro atoms. The van der Waals surface area contributed by atoms with Crippen LogP contribution in [0, 0.1) is 5.82 Å². The molecule has 0 bridgehead atoms. The minimum Gasteiger partial charge on any atom is -0.497 e. The third-order valence-electron chi connectivity index (χ3n) is 4.90. The number of ether oxygens (including phenoxy) is 1. The number of likely N-dealkylation sites (tertiary alicyclic amines) is 1. The van der Waals surface area contributed by atoms with E-state index >= 15 is 0 Å². The van der Waals surface area contributed by atoms with Crippen LogP contribution < -0.4 is 20.3 Å². The molecule has 2 aromatic carbocycles. The molecule has 1 aliphatic rings. The number of quaternary nitrogens is 1. The van der Waals surface area contributed by atoms with Gasteiger partial charge in [0, 0.05) is 24.1 Å². The van der Waals surface area contributed by atoms with Gasteiger partial charge in [0.05, 0.1) is 31.8 Å². The van der Waals surface area contributed by atoms with E-state index < -0.39 is 5.82 Å². The molecule has 0 aliphatic carbocycles. The van der Waals surface area contributed by atoms with Gasteiger partial charge in [-0.15, -0.1) is 0 Å². The van der Waals surface area contributed by atoms with Crippen molar-refractivity contribution in [3.8, 4) is 5.75 Å². The van der Waals surface area contributed by atoms with Crippen LogP contribution in [0.3, 0.4) is 0 Å². The van der Waals surface area contributed by atoms with Crippen molar-refractivity contribution in [3.63, 3.8) is 0 Å². The Labute approximate surface area is 169 Å². The number of thiocarbonyl (C=S) groups is 1. The summed E-state index contributed by atoms with van der Waals surface area (Å²) in [6.07, 6.45) is 2.50. The van der Waals surface area contributed by atoms with Gasteiger partial charge in [-0.05, 0) is 54.7 Å². The molecule has 1 fully saturated rings. The van der Waals surface area contributed by atoms with Crippen molar-refractivity contribution in [2.24, 2.45) is 0 Å². The van der Waals surface area contributed by atoms with Gasteiger partial charge in [-0.2, -0.15) is 0 Å². The summed E-state index contributed by atoms with van der Waals surface area (Å²) in [5.74, 6) is 0.408. The Balaban J connectivity index is 1.64. The van der Waals surface area contributed by atoms with E-state index in [1.807, 2.05) is 12.1 Å². The quantitative estimate of drug-likeness (QED) is 0.642. The summed E-state index contributed by atoms with van der Waals surface area (Å²) >= 11 is 11.2. The molecular weight excluding hydrogens is 385 g/mol. The monoisotopic (exact) mass is 408 g/mol. The number of anilines is 1. The summed E-state index contributed by atoms with van der Waals surface area (Å²) in [4.78, 5) is 1.56. The van der Waals surface area contributed by atoms with E-state index in [0.717, 1.165) is 18.8 Å². The van der Waals surface area contributed by atoms with Gasteiger partial charge in [0.2, 0.25) is 0 Å². The lowest BCUT2D eigenvalue weighted by atomic mass is 10.1. The lowest BCUT2D eigenvalue weighted by Crippen LogP contribution is -3.11. The highest BCUT2D eigenvalue weighted by Gasteiger charge is 2.27. The SMILES string of the molecule is COc1ccc([C@@H](CNC(=S)Nc2ccc(F)c(Cl)c2)[NH+]2CCCC2)cc1. The van der Waals surface area contributed by atoms with Crippen molar-refractivity contribution in [2.75, 3.05) is 32.1 Å². The summed E-state index contributed by atoms with van der Waals surface area (Å²) in [7, 11) is 1.67. The van der Waals surface area contributed by atoms with Crippen LogP contribution in [-0.2, 0) is 0 Å². The van der Waals surface area contributed by atoms with Crippen LogP contribution in [0.4, 0.5) is 10.1 Å². The van der Waals surface area contributed by atoms with Gasteiger partial charge >= 0.3 is 0 Å². The van der Waals surface area contributed by atoms with E-state index in [9.17, 15) is 4.39 Å². The van der Waals surface area contributed by atoms with Crippen LogP contribution in [-0.4, -0.2) is 31.9 Å². The fraction of sp³-hybridized carbons (Fsp3) is 0.350. The maximum Gasteiger partial charge on any atom is 0.171 e. The highest BCUT2D eigenvalue weighted by molar-refractivity contribution is 7.80. The number of halogens is 2. The summed E-state index contributed by atoms with van der Waals surface area (Å²) in [6.45, 7) is 3.03. The van der Waals surface area contributed by atoms with Gasteiger partial charge in [0.1, 0.15) is 17.6 Å². The second kappa shape index (κ2) is 9.35. The molecule has 144 valence electrons. The molecule has 3 N–H and O–H groups in total. The Hall–Kier alpha value is -1.89. The molecule has 1 atom stereocenters. The van der Waals surface area contributed by atoms with Crippen molar-refractivity contribution < 1.29 is 14.0 Å². The number of benzene rings is 2. The molecule has 1 saturated heterocycles. The Bertz CT molecular complexity index is 781. The molecule has 4 nitrogen and oxygen atoms in total. The standard InChI is InChI=1S/C20H23ClFN3OS/c1-26-16-7-4-14(5-8-16)19(25-10-2-3-11-25)13-23-20(27)24-15-6-9-18(22)17(21)12-15/h4-9,12,19H,2-3,10-11,13H2,1H3,(H2,23,24,27)/p+1/t19-/m1/s1. The molecule has 7 heteroatoms. The Morgan fingerprint density at radius 3 is 2.56 bits per heavy atom. The van der Waals surface area contributed by atoms with Gasteiger partial charge in [0.25, 0.3) is 0 Å². The zero-order valence-corrected chi connectivity index (χ0v) is 16.8. The number of nitrogens with one attached hydrogen (secondary N) is 3. The maximum atomic E-state index is 13.3. The minimum absolute atomic E-state index is 0.0698. The molecule has 0 amide bonds. The highest BCUT2D eigenvalue weighted by atomic mass is 35.5. The first-order chi connectivity index (χ1) is 13.1. The smallest absolute Gasteiger partial charge is 0.171 e. The molecule has 0 unspecified atom stereocenters. The molecule has 0 aromatic heterocycles. The maximum absolute atomic E-state index is 13.3. The predicted molar refractivity (Wildman–Crippen MR) is 111 cm³/mol. The van der Waals surface area contributed by atoms with E-state index in [1.54, 1.807) is 18.1 Å². The topological polar surface area (TPSA) is 37.7 Å². The first kappa shape index (κ1) is 19.9. The molecule has 1 heterocycles. The molecule has 2 aromatic rings. The zero-order chi connectivity index (χ0) is 19.2. The third-order valence-corrected chi connectivity index (χ3v) is 5.44. The molecule has 0 saturated carbocycles. The lowest BCUT2D eigenvalue weighted by molar-refractivity contribution is -0.918. The molecule has 3 rings (SSSR count). The lowest BCUT2D eigenvalue weighted by Gasteiger charge is -2.26. The van der Waals surface area contributed by atoms with Crippen molar-refractivity contribution in [2.45, 2.75) is 18.9 Å². The van der Waals surface area contributed by atoms with Crippen LogP contribution in [0.5, 0.6) is 5.75 Å². The van der Waals surface area contributed by atoms with Gasteiger partial charge in [-0.3, -0.25) is 0 Å². The largest absolute Gasteiger partial charge is 0.497 e.